The number of thiocarbonyl (C=S) groups is 1. The Hall–Kier alpha value is -1.85. The van der Waals surface area contributed by atoms with E-state index < -0.39 is 0 Å². The molecule has 6 heteroatoms. The normalized spacial score (nSPS) is 10.7. The Morgan fingerprint density at radius 2 is 2.10 bits per heavy atom. The molecule has 2 rings (SSSR count). The largest absolute Gasteiger partial charge is 0.362 e. The van der Waals surface area contributed by atoms with Crippen LogP contribution in [-0.4, -0.2) is 22.4 Å². The molecule has 0 aliphatic carbocycles. The SMILES string of the molecule is CCNC(=S)NN=Cc1cccn1-c1ccc(Cl)cc1. The summed E-state index contributed by atoms with van der Waals surface area (Å²) in [6.45, 7) is 2.74. The Morgan fingerprint density at radius 1 is 1.35 bits per heavy atom. The van der Waals surface area contributed by atoms with E-state index in [-0.39, 0.29) is 0 Å². The van der Waals surface area contributed by atoms with Crippen LogP contribution < -0.4 is 10.7 Å². The topological polar surface area (TPSA) is 41.4 Å². The van der Waals surface area contributed by atoms with Crippen molar-refractivity contribution in [3.63, 3.8) is 0 Å². The molecule has 1 aromatic heterocycles. The molecule has 104 valence electrons. The summed E-state index contributed by atoms with van der Waals surface area (Å²) < 4.78 is 2.01. The van der Waals surface area contributed by atoms with Crippen molar-refractivity contribution in [2.45, 2.75) is 6.92 Å². The van der Waals surface area contributed by atoms with Crippen molar-refractivity contribution in [2.24, 2.45) is 5.10 Å². The average molecular weight is 307 g/mol. The van der Waals surface area contributed by atoms with E-state index in [2.05, 4.69) is 15.8 Å². The van der Waals surface area contributed by atoms with Gasteiger partial charge in [0, 0.05) is 23.5 Å². The van der Waals surface area contributed by atoms with E-state index in [1.807, 2.05) is 54.1 Å². The first-order valence-electron chi connectivity index (χ1n) is 6.21. The monoisotopic (exact) mass is 306 g/mol. The zero-order chi connectivity index (χ0) is 14.4. The van der Waals surface area contributed by atoms with Gasteiger partial charge in [-0.15, -0.1) is 0 Å². The fourth-order valence-corrected chi connectivity index (χ4v) is 2.02. The van der Waals surface area contributed by atoms with Crippen LogP contribution in [-0.2, 0) is 0 Å². The van der Waals surface area contributed by atoms with Gasteiger partial charge in [0.15, 0.2) is 5.11 Å². The third-order valence-electron chi connectivity index (χ3n) is 2.59. The van der Waals surface area contributed by atoms with Gasteiger partial charge >= 0.3 is 0 Å². The minimum atomic E-state index is 0.508. The Labute approximate surface area is 128 Å². The summed E-state index contributed by atoms with van der Waals surface area (Å²) in [4.78, 5) is 0. The van der Waals surface area contributed by atoms with E-state index in [0.29, 0.717) is 10.1 Å². The Kier molecular flexibility index (Phi) is 5.15. The molecule has 1 aromatic carbocycles. The fraction of sp³-hybridized carbons (Fsp3) is 0.143. The molecule has 0 aliphatic heterocycles. The van der Waals surface area contributed by atoms with Gasteiger partial charge in [-0.3, -0.25) is 5.43 Å². The number of benzene rings is 1. The number of nitrogens with one attached hydrogen (secondary N) is 2. The minimum Gasteiger partial charge on any atom is -0.362 e. The van der Waals surface area contributed by atoms with Gasteiger partial charge in [-0.05, 0) is 55.5 Å². The number of nitrogens with zero attached hydrogens (tertiary/aromatic N) is 2. The van der Waals surface area contributed by atoms with E-state index in [9.17, 15) is 0 Å². The zero-order valence-corrected chi connectivity index (χ0v) is 12.6. The highest BCUT2D eigenvalue weighted by molar-refractivity contribution is 7.80. The molecule has 0 spiro atoms. The highest BCUT2D eigenvalue weighted by Crippen LogP contribution is 2.15. The molecule has 2 N–H and O–H groups in total. The zero-order valence-electron chi connectivity index (χ0n) is 11.0. The maximum absolute atomic E-state index is 5.89. The Morgan fingerprint density at radius 3 is 2.80 bits per heavy atom. The highest BCUT2D eigenvalue weighted by Gasteiger charge is 2.01. The van der Waals surface area contributed by atoms with Gasteiger partial charge in [-0.1, -0.05) is 11.6 Å². The molecule has 1 heterocycles. The summed E-state index contributed by atoms with van der Waals surface area (Å²) in [6.07, 6.45) is 3.69. The maximum atomic E-state index is 5.89. The third kappa shape index (κ3) is 3.82. The molecule has 0 radical (unpaired) electrons. The maximum Gasteiger partial charge on any atom is 0.186 e. The van der Waals surface area contributed by atoms with Gasteiger partial charge in [0.2, 0.25) is 0 Å². The molecule has 0 saturated heterocycles. The first-order chi connectivity index (χ1) is 9.70. The van der Waals surface area contributed by atoms with Crippen molar-refractivity contribution in [1.82, 2.24) is 15.3 Å². The van der Waals surface area contributed by atoms with Crippen LogP contribution >= 0.6 is 23.8 Å². The molecule has 0 atom stereocenters. The Bertz CT molecular complexity index is 604. The van der Waals surface area contributed by atoms with Crippen LogP contribution in [0.15, 0.2) is 47.7 Å². The van der Waals surface area contributed by atoms with Crippen molar-refractivity contribution in [1.29, 1.82) is 0 Å². The number of aromatic nitrogens is 1. The van der Waals surface area contributed by atoms with Crippen molar-refractivity contribution in [2.75, 3.05) is 6.54 Å². The number of rotatable bonds is 4. The second-order valence-electron chi connectivity index (χ2n) is 4.01. The molecule has 2 aromatic rings. The van der Waals surface area contributed by atoms with Crippen molar-refractivity contribution in [3.05, 3.63) is 53.3 Å². The van der Waals surface area contributed by atoms with Crippen LogP contribution in [0.4, 0.5) is 0 Å². The minimum absolute atomic E-state index is 0.508. The van der Waals surface area contributed by atoms with E-state index in [1.165, 1.54) is 0 Å². The molecular formula is C14H15ClN4S. The lowest BCUT2D eigenvalue weighted by Gasteiger charge is -2.06. The van der Waals surface area contributed by atoms with Crippen LogP contribution in [0.2, 0.25) is 5.02 Å². The quantitative estimate of drug-likeness (QED) is 0.518. The molecule has 20 heavy (non-hydrogen) atoms. The molecule has 0 aliphatic rings. The fourth-order valence-electron chi connectivity index (χ4n) is 1.69. The second-order valence-corrected chi connectivity index (χ2v) is 4.85. The second kappa shape index (κ2) is 7.07. The van der Waals surface area contributed by atoms with Crippen molar-refractivity contribution in [3.8, 4) is 5.69 Å². The first-order valence-corrected chi connectivity index (χ1v) is 6.99. The van der Waals surface area contributed by atoms with Crippen LogP contribution in [0.1, 0.15) is 12.6 Å². The average Bonchev–Trinajstić information content (AvgIpc) is 2.88. The van der Waals surface area contributed by atoms with E-state index in [0.717, 1.165) is 17.9 Å². The highest BCUT2D eigenvalue weighted by atomic mass is 35.5. The molecule has 0 saturated carbocycles. The first kappa shape index (κ1) is 14.6. The van der Waals surface area contributed by atoms with Crippen LogP contribution in [0.25, 0.3) is 5.69 Å². The van der Waals surface area contributed by atoms with Gasteiger partial charge < -0.3 is 9.88 Å². The predicted octanol–water partition coefficient (Wildman–Crippen LogP) is 2.95. The smallest absolute Gasteiger partial charge is 0.186 e. The molecular weight excluding hydrogens is 292 g/mol. The molecule has 0 fully saturated rings. The molecule has 0 amide bonds. The van der Waals surface area contributed by atoms with Gasteiger partial charge in [0.25, 0.3) is 0 Å². The van der Waals surface area contributed by atoms with Crippen LogP contribution in [0.3, 0.4) is 0 Å². The summed E-state index contributed by atoms with van der Waals surface area (Å²) in [5.74, 6) is 0. The summed E-state index contributed by atoms with van der Waals surface area (Å²) >= 11 is 10.9. The van der Waals surface area contributed by atoms with Gasteiger partial charge in [0.05, 0.1) is 11.9 Å². The summed E-state index contributed by atoms with van der Waals surface area (Å²) in [6, 6.07) is 11.5. The van der Waals surface area contributed by atoms with E-state index >= 15 is 0 Å². The summed E-state index contributed by atoms with van der Waals surface area (Å²) in [5.41, 5.74) is 4.73. The molecule has 4 nitrogen and oxygen atoms in total. The number of hydrogen-bond acceptors (Lipinski definition) is 2. The third-order valence-corrected chi connectivity index (χ3v) is 3.07. The van der Waals surface area contributed by atoms with Gasteiger partial charge in [-0.2, -0.15) is 5.10 Å². The lowest BCUT2D eigenvalue weighted by molar-refractivity contribution is 0.902. The Balaban J connectivity index is 2.11. The van der Waals surface area contributed by atoms with Gasteiger partial charge in [-0.25, -0.2) is 0 Å². The van der Waals surface area contributed by atoms with Crippen molar-refractivity contribution < 1.29 is 0 Å². The van der Waals surface area contributed by atoms with Crippen LogP contribution in [0.5, 0.6) is 0 Å². The lowest BCUT2D eigenvalue weighted by atomic mass is 10.3. The molecule has 0 unspecified atom stereocenters. The van der Waals surface area contributed by atoms with E-state index in [1.54, 1.807) is 6.21 Å². The summed E-state index contributed by atoms with van der Waals surface area (Å²) in [5, 5.41) is 8.30. The number of hydrazone groups is 1. The number of halogens is 1. The standard InChI is InChI=1S/C14H15ClN4S/c1-2-16-14(20)18-17-10-13-4-3-9-19(13)12-7-5-11(15)6-8-12/h3-10H,2H2,1H3,(H2,16,18,20). The molecule has 0 bridgehead atoms. The predicted molar refractivity (Wildman–Crippen MR) is 87.8 cm³/mol. The summed E-state index contributed by atoms with van der Waals surface area (Å²) in [7, 11) is 0. The van der Waals surface area contributed by atoms with Crippen molar-refractivity contribution >= 4 is 35.1 Å². The van der Waals surface area contributed by atoms with E-state index in [4.69, 9.17) is 23.8 Å². The lowest BCUT2D eigenvalue weighted by Crippen LogP contribution is -2.31. The van der Waals surface area contributed by atoms with Gasteiger partial charge in [0.1, 0.15) is 0 Å². The van der Waals surface area contributed by atoms with Crippen LogP contribution in [0, 0.1) is 0 Å². The number of hydrogen-bond donors (Lipinski definition) is 2.